The van der Waals surface area contributed by atoms with Crippen LogP contribution < -0.4 is 5.32 Å². The van der Waals surface area contributed by atoms with Gasteiger partial charge in [0, 0.05) is 25.1 Å². The molecular weight excluding hydrogens is 626 g/mol. The maximum atomic E-state index is 15.1. The smallest absolute Gasteiger partial charge is 0.329 e. The van der Waals surface area contributed by atoms with Gasteiger partial charge >= 0.3 is 18.4 Å². The molecule has 1 atom stereocenters. The summed E-state index contributed by atoms with van der Waals surface area (Å²) in [7, 11) is 0.869. The number of Topliss-reactive ketones (excluding diaryl/α,β-unsaturated/α-hetero) is 1. The van der Waals surface area contributed by atoms with Gasteiger partial charge in [-0.1, -0.05) is 46.9 Å². The number of carbonyl (C=O) groups is 2. The zero-order chi connectivity index (χ0) is 30.8. The number of allylic oxidation sites excluding steroid dienone is 1. The van der Waals surface area contributed by atoms with Gasteiger partial charge in [-0.25, -0.2) is 18.0 Å². The maximum absolute atomic E-state index is 15.1. The minimum absolute atomic E-state index is 0.159. The molecule has 2 aromatic rings. The van der Waals surface area contributed by atoms with E-state index in [2.05, 4.69) is 0 Å². The van der Waals surface area contributed by atoms with E-state index in [0.29, 0.717) is 30.0 Å². The summed E-state index contributed by atoms with van der Waals surface area (Å²) in [5.74, 6) is -8.56. The largest absolute Gasteiger partial charge is 0.417 e. The molecule has 16 heteroatoms. The summed E-state index contributed by atoms with van der Waals surface area (Å²) < 4.78 is 122. The number of amides is 2. The average Bonchev–Trinajstić information content (AvgIpc) is 2.81. The van der Waals surface area contributed by atoms with Crippen molar-refractivity contribution in [2.75, 3.05) is 20.1 Å². The SMILES string of the molecule is CN(CC(=O)c1ccc(/C(F)=C/C(c2cc(Cl)c(Cl)c(Cl)c2)C(C)(F)F)cc1C(F)(F)F)C(=O)NCC(F)(F)F. The van der Waals surface area contributed by atoms with E-state index in [1.807, 2.05) is 0 Å². The van der Waals surface area contributed by atoms with Crippen molar-refractivity contribution in [3.8, 4) is 0 Å². The molecule has 40 heavy (non-hydrogen) atoms. The first-order valence-electron chi connectivity index (χ1n) is 10.8. The van der Waals surface area contributed by atoms with Crippen LogP contribution in [0, 0.1) is 0 Å². The van der Waals surface area contributed by atoms with E-state index in [1.54, 1.807) is 0 Å². The number of hydrogen-bond acceptors (Lipinski definition) is 2. The fourth-order valence-corrected chi connectivity index (χ4v) is 4.00. The lowest BCUT2D eigenvalue weighted by atomic mass is 9.91. The van der Waals surface area contributed by atoms with E-state index in [-0.39, 0.29) is 26.7 Å². The Balaban J connectivity index is 2.45. The lowest BCUT2D eigenvalue weighted by molar-refractivity contribution is -0.138. The lowest BCUT2D eigenvalue weighted by Crippen LogP contribution is -2.43. The molecular formula is C24H18Cl3F9N2O2. The molecule has 220 valence electrons. The molecule has 0 aliphatic heterocycles. The Hall–Kier alpha value is -2.64. The predicted molar refractivity (Wildman–Crippen MR) is 132 cm³/mol. The Morgan fingerprint density at radius 1 is 0.975 bits per heavy atom. The second-order valence-corrected chi connectivity index (χ2v) is 9.75. The molecule has 2 amide bonds. The summed E-state index contributed by atoms with van der Waals surface area (Å²) in [6, 6.07) is 2.07. The molecule has 0 saturated carbocycles. The Morgan fingerprint density at radius 2 is 1.52 bits per heavy atom. The summed E-state index contributed by atoms with van der Waals surface area (Å²) in [4.78, 5) is 24.7. The number of alkyl halides is 8. The molecule has 0 aliphatic carbocycles. The monoisotopic (exact) mass is 642 g/mol. The molecule has 0 spiro atoms. The van der Waals surface area contributed by atoms with Crippen molar-refractivity contribution in [3.05, 3.63) is 73.7 Å². The third kappa shape index (κ3) is 8.93. The van der Waals surface area contributed by atoms with Crippen LogP contribution in [0.4, 0.5) is 44.3 Å². The Bertz CT molecular complexity index is 1280. The van der Waals surface area contributed by atoms with E-state index in [0.717, 1.165) is 19.2 Å². The van der Waals surface area contributed by atoms with Gasteiger partial charge in [0.05, 0.1) is 33.1 Å². The number of nitrogens with zero attached hydrogens (tertiary/aromatic N) is 1. The second kappa shape index (κ2) is 12.5. The first-order chi connectivity index (χ1) is 18.1. The Labute approximate surface area is 236 Å². The van der Waals surface area contributed by atoms with E-state index in [9.17, 15) is 44.7 Å². The zero-order valence-electron chi connectivity index (χ0n) is 20.3. The first kappa shape index (κ1) is 33.6. The van der Waals surface area contributed by atoms with Gasteiger partial charge < -0.3 is 10.2 Å². The van der Waals surface area contributed by atoms with Crippen molar-refractivity contribution in [2.24, 2.45) is 0 Å². The van der Waals surface area contributed by atoms with Crippen molar-refractivity contribution in [1.29, 1.82) is 0 Å². The molecule has 0 bridgehead atoms. The zero-order valence-corrected chi connectivity index (χ0v) is 22.5. The highest BCUT2D eigenvalue weighted by Crippen LogP contribution is 2.42. The van der Waals surface area contributed by atoms with Gasteiger partial charge in [0.25, 0.3) is 5.92 Å². The summed E-state index contributed by atoms with van der Waals surface area (Å²) >= 11 is 17.5. The number of carbonyl (C=O) groups excluding carboxylic acids is 2. The van der Waals surface area contributed by atoms with Crippen LogP contribution in [0.3, 0.4) is 0 Å². The van der Waals surface area contributed by atoms with E-state index >= 15 is 4.39 Å². The van der Waals surface area contributed by atoms with Crippen molar-refractivity contribution >= 4 is 52.4 Å². The predicted octanol–water partition coefficient (Wildman–Crippen LogP) is 8.80. The van der Waals surface area contributed by atoms with E-state index < -0.39 is 71.6 Å². The maximum Gasteiger partial charge on any atom is 0.417 e. The molecule has 0 fully saturated rings. The molecule has 0 aromatic heterocycles. The third-order valence-electron chi connectivity index (χ3n) is 5.29. The first-order valence-corrected chi connectivity index (χ1v) is 11.9. The van der Waals surface area contributed by atoms with E-state index in [1.165, 1.54) is 5.32 Å². The summed E-state index contributed by atoms with van der Waals surface area (Å²) in [5.41, 5.74) is -3.81. The Morgan fingerprint density at radius 3 is 2.00 bits per heavy atom. The second-order valence-electron chi connectivity index (χ2n) is 8.56. The van der Waals surface area contributed by atoms with Crippen LogP contribution in [0.1, 0.15) is 39.9 Å². The average molecular weight is 644 g/mol. The molecule has 0 heterocycles. The topological polar surface area (TPSA) is 49.4 Å². The molecule has 0 aliphatic rings. The van der Waals surface area contributed by atoms with Gasteiger partial charge in [-0.3, -0.25) is 4.79 Å². The minimum atomic E-state index is -5.25. The standard InChI is InChI=1S/C24H18Cl3F9N2O2/c1-22(29,30)14(12-6-16(25)20(27)17(26)7-12)8-18(28)11-3-4-13(15(5-11)24(34,35)36)19(39)9-38(2)21(40)37-10-23(31,32)33/h3-8,14H,9-10H2,1-2H3,(H,37,40)/b18-8-. The number of urea groups is 1. The summed E-state index contributed by atoms with van der Waals surface area (Å²) in [5, 5.41) is 0.828. The minimum Gasteiger partial charge on any atom is -0.329 e. The molecule has 0 saturated heterocycles. The van der Waals surface area contributed by atoms with Crippen LogP contribution in [0.2, 0.25) is 15.1 Å². The number of halogens is 12. The van der Waals surface area contributed by atoms with Crippen LogP contribution in [0.5, 0.6) is 0 Å². The van der Waals surface area contributed by atoms with Gasteiger partial charge in [-0.2, -0.15) is 26.3 Å². The van der Waals surface area contributed by atoms with Crippen LogP contribution in [0.25, 0.3) is 5.83 Å². The number of rotatable bonds is 8. The quantitative estimate of drug-likeness (QED) is 0.178. The number of likely N-dealkylation sites (N-methyl/N-ethyl adjacent to an activating group) is 1. The summed E-state index contributed by atoms with van der Waals surface area (Å²) in [6.07, 6.45) is -9.67. The highest BCUT2D eigenvalue weighted by atomic mass is 35.5. The number of benzene rings is 2. The highest BCUT2D eigenvalue weighted by molar-refractivity contribution is 6.48. The van der Waals surface area contributed by atoms with Gasteiger partial charge in [0.1, 0.15) is 12.4 Å². The molecule has 2 rings (SSSR count). The highest BCUT2D eigenvalue weighted by Gasteiger charge is 2.38. The fourth-order valence-electron chi connectivity index (χ4n) is 3.39. The number of nitrogens with one attached hydrogen (secondary N) is 1. The van der Waals surface area contributed by atoms with Crippen LogP contribution in [-0.2, 0) is 6.18 Å². The van der Waals surface area contributed by atoms with Gasteiger partial charge in [0.15, 0.2) is 5.78 Å². The molecule has 1 N–H and O–H groups in total. The summed E-state index contributed by atoms with van der Waals surface area (Å²) in [6.45, 7) is -2.38. The van der Waals surface area contributed by atoms with Crippen molar-refractivity contribution in [1.82, 2.24) is 10.2 Å². The van der Waals surface area contributed by atoms with Crippen LogP contribution in [-0.4, -0.2) is 49.0 Å². The number of hydrogen-bond donors (Lipinski definition) is 1. The molecule has 2 aromatic carbocycles. The lowest BCUT2D eigenvalue weighted by Gasteiger charge is -2.22. The molecule has 0 radical (unpaired) electrons. The third-order valence-corrected chi connectivity index (χ3v) is 6.49. The van der Waals surface area contributed by atoms with Gasteiger partial charge in [-0.15, -0.1) is 0 Å². The van der Waals surface area contributed by atoms with Gasteiger partial charge in [0.2, 0.25) is 0 Å². The van der Waals surface area contributed by atoms with Crippen LogP contribution in [0.15, 0.2) is 36.4 Å². The Kier molecular flexibility index (Phi) is 10.5. The van der Waals surface area contributed by atoms with Gasteiger partial charge in [-0.05, 0) is 29.8 Å². The normalized spacial score (nSPS) is 13.7. The fraction of sp³-hybridized carbons (Fsp3) is 0.333. The molecule has 1 unspecified atom stereocenters. The molecule has 4 nitrogen and oxygen atoms in total. The van der Waals surface area contributed by atoms with E-state index in [4.69, 9.17) is 34.8 Å². The van der Waals surface area contributed by atoms with Crippen molar-refractivity contribution < 1.29 is 49.1 Å². The number of ketones is 1. The van der Waals surface area contributed by atoms with Crippen molar-refractivity contribution in [3.63, 3.8) is 0 Å². The van der Waals surface area contributed by atoms with Crippen molar-refractivity contribution in [2.45, 2.75) is 31.1 Å². The van der Waals surface area contributed by atoms with Crippen LogP contribution >= 0.6 is 34.8 Å².